The average Bonchev–Trinajstić information content (AvgIpc) is 2.91. The molecule has 2 heterocycles. The summed E-state index contributed by atoms with van der Waals surface area (Å²) in [6, 6.07) is 7.75. The minimum absolute atomic E-state index is 0.0513. The maximum absolute atomic E-state index is 9.29. The highest BCUT2D eigenvalue weighted by Crippen LogP contribution is 2.34. The Kier molecular flexibility index (Phi) is 4.43. The Labute approximate surface area is 134 Å². The molecule has 0 saturated heterocycles. The molecule has 0 aliphatic rings. The van der Waals surface area contributed by atoms with E-state index in [9.17, 15) is 5.11 Å². The summed E-state index contributed by atoms with van der Waals surface area (Å²) in [5.74, 6) is 1.31. The molecule has 0 bridgehead atoms. The van der Waals surface area contributed by atoms with Gasteiger partial charge in [-0.1, -0.05) is 0 Å². The van der Waals surface area contributed by atoms with Crippen LogP contribution in [-0.2, 0) is 13.0 Å². The summed E-state index contributed by atoms with van der Waals surface area (Å²) in [6.07, 6.45) is 4.02. The van der Waals surface area contributed by atoms with Gasteiger partial charge in [-0.2, -0.15) is 5.10 Å². The molecule has 3 aromatic rings. The Morgan fingerprint density at radius 3 is 2.43 bits per heavy atom. The second-order valence-electron chi connectivity index (χ2n) is 5.16. The topological polar surface area (TPSA) is 69.4 Å². The molecule has 0 atom stereocenters. The average molecular weight is 313 g/mol. The number of aliphatic hydroxyl groups excluding tert-OH is 1. The second-order valence-corrected chi connectivity index (χ2v) is 5.16. The van der Waals surface area contributed by atoms with Gasteiger partial charge in [-0.25, -0.2) is 0 Å². The third kappa shape index (κ3) is 2.98. The Morgan fingerprint density at radius 1 is 1.09 bits per heavy atom. The van der Waals surface area contributed by atoms with Crippen molar-refractivity contribution in [3.8, 4) is 11.5 Å². The van der Waals surface area contributed by atoms with Crippen molar-refractivity contribution in [2.24, 2.45) is 0 Å². The molecule has 0 aliphatic heterocycles. The van der Waals surface area contributed by atoms with Crippen LogP contribution in [0.25, 0.3) is 10.9 Å². The number of methoxy groups -OCH3 is 2. The van der Waals surface area contributed by atoms with E-state index in [0.29, 0.717) is 24.5 Å². The highest BCUT2D eigenvalue weighted by Gasteiger charge is 2.15. The van der Waals surface area contributed by atoms with E-state index in [4.69, 9.17) is 9.47 Å². The van der Waals surface area contributed by atoms with Crippen molar-refractivity contribution in [2.75, 3.05) is 20.8 Å². The molecule has 6 nitrogen and oxygen atoms in total. The largest absolute Gasteiger partial charge is 0.493 e. The van der Waals surface area contributed by atoms with Crippen LogP contribution in [0.4, 0.5) is 0 Å². The predicted octanol–water partition coefficient (Wildman–Crippen LogP) is 2.03. The standard InChI is InChI=1S/C17H19N3O3/c1-22-16-9-13-14(5-8-21)19-20(15(13)10-17(16)23-2)11-12-3-6-18-7-4-12/h3-4,6-7,9-10,21H,5,8,11H2,1-2H3. The fraction of sp³-hybridized carbons (Fsp3) is 0.294. The monoisotopic (exact) mass is 313 g/mol. The molecular weight excluding hydrogens is 294 g/mol. The van der Waals surface area contributed by atoms with Gasteiger partial charge in [-0.05, 0) is 23.8 Å². The summed E-state index contributed by atoms with van der Waals surface area (Å²) in [6.45, 7) is 0.676. The molecule has 0 saturated carbocycles. The zero-order valence-corrected chi connectivity index (χ0v) is 13.2. The lowest BCUT2D eigenvalue weighted by Crippen LogP contribution is -2.03. The molecular formula is C17H19N3O3. The van der Waals surface area contributed by atoms with Crippen LogP contribution in [0, 0.1) is 0 Å². The smallest absolute Gasteiger partial charge is 0.162 e. The number of fused-ring (bicyclic) bond motifs is 1. The molecule has 120 valence electrons. The van der Waals surface area contributed by atoms with Crippen molar-refractivity contribution in [1.82, 2.24) is 14.8 Å². The minimum Gasteiger partial charge on any atom is -0.493 e. The molecule has 0 aliphatic carbocycles. The number of hydrogen-bond donors (Lipinski definition) is 1. The van der Waals surface area contributed by atoms with Crippen molar-refractivity contribution < 1.29 is 14.6 Å². The van der Waals surface area contributed by atoms with Crippen LogP contribution in [0.1, 0.15) is 11.3 Å². The van der Waals surface area contributed by atoms with E-state index in [1.54, 1.807) is 26.6 Å². The Hall–Kier alpha value is -2.60. The number of nitrogens with zero attached hydrogens (tertiary/aromatic N) is 3. The van der Waals surface area contributed by atoms with Crippen LogP contribution >= 0.6 is 0 Å². The maximum Gasteiger partial charge on any atom is 0.162 e. The van der Waals surface area contributed by atoms with E-state index in [-0.39, 0.29) is 6.61 Å². The number of rotatable bonds is 6. The van der Waals surface area contributed by atoms with Gasteiger partial charge in [0.1, 0.15) is 0 Å². The first-order valence-corrected chi connectivity index (χ1v) is 7.38. The fourth-order valence-electron chi connectivity index (χ4n) is 2.64. The first-order valence-electron chi connectivity index (χ1n) is 7.38. The lowest BCUT2D eigenvalue weighted by atomic mass is 10.1. The lowest BCUT2D eigenvalue weighted by molar-refractivity contribution is 0.298. The summed E-state index contributed by atoms with van der Waals surface area (Å²) >= 11 is 0. The molecule has 1 aromatic carbocycles. The summed E-state index contributed by atoms with van der Waals surface area (Å²) in [5.41, 5.74) is 2.90. The highest BCUT2D eigenvalue weighted by atomic mass is 16.5. The molecule has 0 fully saturated rings. The van der Waals surface area contributed by atoms with Crippen LogP contribution in [0.15, 0.2) is 36.7 Å². The normalized spacial score (nSPS) is 10.9. The van der Waals surface area contributed by atoms with E-state index in [0.717, 1.165) is 22.2 Å². The SMILES string of the molecule is COc1cc2c(CCO)nn(Cc3ccncc3)c2cc1OC. The molecule has 0 unspecified atom stereocenters. The van der Waals surface area contributed by atoms with Gasteiger partial charge in [0.05, 0.1) is 32.0 Å². The summed E-state index contributed by atoms with van der Waals surface area (Å²) in [5, 5.41) is 14.9. The number of benzene rings is 1. The van der Waals surface area contributed by atoms with Crippen molar-refractivity contribution >= 4 is 10.9 Å². The highest BCUT2D eigenvalue weighted by molar-refractivity contribution is 5.86. The zero-order chi connectivity index (χ0) is 16.2. The van der Waals surface area contributed by atoms with Gasteiger partial charge in [0.2, 0.25) is 0 Å². The van der Waals surface area contributed by atoms with Gasteiger partial charge in [0, 0.05) is 36.9 Å². The molecule has 2 aromatic heterocycles. The molecule has 0 amide bonds. The van der Waals surface area contributed by atoms with Crippen molar-refractivity contribution in [1.29, 1.82) is 0 Å². The van der Waals surface area contributed by atoms with Gasteiger partial charge in [0.15, 0.2) is 11.5 Å². The lowest BCUT2D eigenvalue weighted by Gasteiger charge is -2.09. The third-order valence-corrected chi connectivity index (χ3v) is 3.76. The predicted molar refractivity (Wildman–Crippen MR) is 87.0 cm³/mol. The zero-order valence-electron chi connectivity index (χ0n) is 13.2. The van der Waals surface area contributed by atoms with Crippen LogP contribution in [0.3, 0.4) is 0 Å². The van der Waals surface area contributed by atoms with Crippen molar-refractivity contribution in [2.45, 2.75) is 13.0 Å². The Bertz CT molecular complexity index is 800. The molecule has 1 N–H and O–H groups in total. The Morgan fingerprint density at radius 2 is 1.78 bits per heavy atom. The van der Waals surface area contributed by atoms with E-state index in [1.807, 2.05) is 28.9 Å². The number of aromatic nitrogens is 3. The van der Waals surface area contributed by atoms with Crippen LogP contribution in [-0.4, -0.2) is 40.7 Å². The van der Waals surface area contributed by atoms with Gasteiger partial charge in [0.25, 0.3) is 0 Å². The van der Waals surface area contributed by atoms with Crippen LogP contribution in [0.5, 0.6) is 11.5 Å². The molecule has 3 rings (SSSR count). The van der Waals surface area contributed by atoms with Crippen LogP contribution < -0.4 is 9.47 Å². The maximum atomic E-state index is 9.29. The number of hydrogen-bond acceptors (Lipinski definition) is 5. The summed E-state index contributed by atoms with van der Waals surface area (Å²) in [7, 11) is 3.22. The quantitative estimate of drug-likeness (QED) is 0.754. The number of aliphatic hydroxyl groups is 1. The summed E-state index contributed by atoms with van der Waals surface area (Å²) in [4.78, 5) is 4.03. The van der Waals surface area contributed by atoms with Gasteiger partial charge in [-0.15, -0.1) is 0 Å². The number of ether oxygens (including phenoxy) is 2. The van der Waals surface area contributed by atoms with E-state index < -0.39 is 0 Å². The summed E-state index contributed by atoms with van der Waals surface area (Å²) < 4.78 is 12.7. The van der Waals surface area contributed by atoms with Crippen LogP contribution in [0.2, 0.25) is 0 Å². The molecule has 6 heteroatoms. The fourth-order valence-corrected chi connectivity index (χ4v) is 2.64. The van der Waals surface area contributed by atoms with Gasteiger partial charge < -0.3 is 14.6 Å². The number of pyridine rings is 1. The van der Waals surface area contributed by atoms with Gasteiger partial charge >= 0.3 is 0 Å². The van der Waals surface area contributed by atoms with E-state index in [2.05, 4.69) is 10.1 Å². The van der Waals surface area contributed by atoms with Gasteiger partial charge in [-0.3, -0.25) is 9.67 Å². The minimum atomic E-state index is 0.0513. The molecule has 23 heavy (non-hydrogen) atoms. The van der Waals surface area contributed by atoms with Crippen molar-refractivity contribution in [3.05, 3.63) is 47.9 Å². The Balaban J connectivity index is 2.13. The van der Waals surface area contributed by atoms with E-state index in [1.165, 1.54) is 0 Å². The first-order chi connectivity index (χ1) is 11.3. The third-order valence-electron chi connectivity index (χ3n) is 3.76. The second kappa shape index (κ2) is 6.66. The molecule has 0 spiro atoms. The van der Waals surface area contributed by atoms with E-state index >= 15 is 0 Å². The first kappa shape index (κ1) is 15.3. The molecule has 0 radical (unpaired) electrons. The van der Waals surface area contributed by atoms with Crippen molar-refractivity contribution in [3.63, 3.8) is 0 Å².